The van der Waals surface area contributed by atoms with Crippen LogP contribution in [0.1, 0.15) is 38.4 Å². The molecule has 0 atom stereocenters. The molecule has 92 valence electrons. The summed E-state index contributed by atoms with van der Waals surface area (Å²) in [5.74, 6) is 0.922. The number of anilines is 1. The Morgan fingerprint density at radius 3 is 2.53 bits per heavy atom. The number of aromatic nitrogens is 2. The van der Waals surface area contributed by atoms with E-state index >= 15 is 0 Å². The standard InChI is InChI=1S/C13H20N4/c1-13(2,3)17-8-10-7-14-12(15-11(10)9-17)16-5-4-6-16/h7H,4-6,8-9H2,1-3H3. The Bertz CT molecular complexity index is 432. The molecule has 4 heteroatoms. The van der Waals surface area contributed by atoms with Crippen molar-refractivity contribution in [2.24, 2.45) is 0 Å². The Morgan fingerprint density at radius 2 is 1.94 bits per heavy atom. The fourth-order valence-electron chi connectivity index (χ4n) is 2.29. The summed E-state index contributed by atoms with van der Waals surface area (Å²) in [5.41, 5.74) is 2.72. The second-order valence-electron chi connectivity index (χ2n) is 6.01. The zero-order valence-electron chi connectivity index (χ0n) is 10.9. The van der Waals surface area contributed by atoms with Crippen molar-refractivity contribution in [3.8, 4) is 0 Å². The van der Waals surface area contributed by atoms with Crippen LogP contribution in [0.5, 0.6) is 0 Å². The van der Waals surface area contributed by atoms with Gasteiger partial charge in [0.05, 0.1) is 5.69 Å². The quantitative estimate of drug-likeness (QED) is 0.739. The van der Waals surface area contributed by atoms with Crippen molar-refractivity contribution in [3.63, 3.8) is 0 Å². The van der Waals surface area contributed by atoms with Gasteiger partial charge in [-0.1, -0.05) is 0 Å². The summed E-state index contributed by atoms with van der Waals surface area (Å²) in [6.07, 6.45) is 3.29. The molecule has 0 spiro atoms. The van der Waals surface area contributed by atoms with Gasteiger partial charge in [-0.2, -0.15) is 0 Å². The minimum Gasteiger partial charge on any atom is -0.341 e. The first kappa shape index (κ1) is 11.0. The van der Waals surface area contributed by atoms with Crippen LogP contribution in [0.15, 0.2) is 6.20 Å². The number of rotatable bonds is 1. The maximum Gasteiger partial charge on any atom is 0.225 e. The van der Waals surface area contributed by atoms with E-state index in [4.69, 9.17) is 4.98 Å². The van der Waals surface area contributed by atoms with Gasteiger partial charge in [-0.05, 0) is 27.2 Å². The summed E-state index contributed by atoms with van der Waals surface area (Å²) >= 11 is 0. The molecule has 1 aromatic heterocycles. The van der Waals surface area contributed by atoms with Gasteiger partial charge in [-0.15, -0.1) is 0 Å². The minimum absolute atomic E-state index is 0.206. The Kier molecular flexibility index (Phi) is 2.36. The first-order valence-electron chi connectivity index (χ1n) is 6.39. The molecule has 0 saturated carbocycles. The third kappa shape index (κ3) is 1.90. The molecule has 0 aromatic carbocycles. The largest absolute Gasteiger partial charge is 0.341 e. The zero-order chi connectivity index (χ0) is 12.0. The monoisotopic (exact) mass is 232 g/mol. The van der Waals surface area contributed by atoms with Crippen LogP contribution in [0.25, 0.3) is 0 Å². The number of nitrogens with zero attached hydrogens (tertiary/aromatic N) is 4. The lowest BCUT2D eigenvalue weighted by atomic mass is 10.1. The number of hydrogen-bond donors (Lipinski definition) is 0. The van der Waals surface area contributed by atoms with Crippen LogP contribution in [0, 0.1) is 0 Å². The second-order valence-corrected chi connectivity index (χ2v) is 6.01. The summed E-state index contributed by atoms with van der Waals surface area (Å²) in [6, 6.07) is 0. The summed E-state index contributed by atoms with van der Waals surface area (Å²) in [4.78, 5) is 13.9. The van der Waals surface area contributed by atoms with E-state index in [1.54, 1.807) is 0 Å². The van der Waals surface area contributed by atoms with Gasteiger partial charge in [0, 0.05) is 43.5 Å². The van der Waals surface area contributed by atoms with Crippen molar-refractivity contribution >= 4 is 5.95 Å². The van der Waals surface area contributed by atoms with E-state index in [2.05, 4.69) is 35.6 Å². The second kappa shape index (κ2) is 3.67. The zero-order valence-corrected chi connectivity index (χ0v) is 10.9. The fourth-order valence-corrected chi connectivity index (χ4v) is 2.29. The van der Waals surface area contributed by atoms with Gasteiger partial charge in [0.15, 0.2) is 0 Å². The Morgan fingerprint density at radius 1 is 1.18 bits per heavy atom. The van der Waals surface area contributed by atoms with Gasteiger partial charge in [-0.3, -0.25) is 4.90 Å². The molecule has 0 bridgehead atoms. The van der Waals surface area contributed by atoms with Crippen LogP contribution in [0.4, 0.5) is 5.95 Å². The van der Waals surface area contributed by atoms with Crippen LogP contribution in [-0.2, 0) is 13.1 Å². The molecule has 0 amide bonds. The minimum atomic E-state index is 0.206. The molecule has 1 aromatic rings. The molecule has 0 aliphatic carbocycles. The van der Waals surface area contributed by atoms with Crippen LogP contribution in [0.3, 0.4) is 0 Å². The van der Waals surface area contributed by atoms with Crippen LogP contribution in [0.2, 0.25) is 0 Å². The molecule has 2 aliphatic heterocycles. The molecule has 1 fully saturated rings. The van der Waals surface area contributed by atoms with Gasteiger partial charge in [0.2, 0.25) is 5.95 Å². The topological polar surface area (TPSA) is 32.3 Å². The molecule has 2 aliphatic rings. The van der Waals surface area contributed by atoms with E-state index in [0.717, 1.165) is 32.1 Å². The summed E-state index contributed by atoms with van der Waals surface area (Å²) < 4.78 is 0. The van der Waals surface area contributed by atoms with Crippen molar-refractivity contribution < 1.29 is 0 Å². The smallest absolute Gasteiger partial charge is 0.225 e. The number of fused-ring (bicyclic) bond motifs is 1. The highest BCUT2D eigenvalue weighted by molar-refractivity contribution is 5.36. The Hall–Kier alpha value is -1.16. The summed E-state index contributed by atoms with van der Waals surface area (Å²) in [6.45, 7) is 10.9. The predicted octanol–water partition coefficient (Wildman–Crippen LogP) is 1.80. The SMILES string of the molecule is CC(C)(C)N1Cc2cnc(N3CCC3)nc2C1. The predicted molar refractivity (Wildman–Crippen MR) is 67.9 cm³/mol. The van der Waals surface area contributed by atoms with Crippen LogP contribution in [-0.4, -0.2) is 33.5 Å². The van der Waals surface area contributed by atoms with E-state index in [9.17, 15) is 0 Å². The molecular formula is C13H20N4. The lowest BCUT2D eigenvalue weighted by molar-refractivity contribution is 0.135. The molecule has 0 unspecified atom stereocenters. The first-order valence-corrected chi connectivity index (χ1v) is 6.39. The highest BCUT2D eigenvalue weighted by Crippen LogP contribution is 2.29. The van der Waals surface area contributed by atoms with Crippen molar-refractivity contribution in [1.29, 1.82) is 0 Å². The average Bonchev–Trinajstić information content (AvgIpc) is 2.57. The van der Waals surface area contributed by atoms with Crippen LogP contribution >= 0.6 is 0 Å². The fraction of sp³-hybridized carbons (Fsp3) is 0.692. The molecule has 4 nitrogen and oxygen atoms in total. The van der Waals surface area contributed by atoms with Crippen LogP contribution < -0.4 is 4.90 Å². The Labute approximate surface area is 103 Å². The van der Waals surface area contributed by atoms with E-state index in [0.29, 0.717) is 0 Å². The molecule has 3 heterocycles. The summed E-state index contributed by atoms with van der Waals surface area (Å²) in [5, 5.41) is 0. The van der Waals surface area contributed by atoms with Gasteiger partial charge < -0.3 is 4.90 Å². The van der Waals surface area contributed by atoms with Crippen molar-refractivity contribution in [1.82, 2.24) is 14.9 Å². The molecule has 3 rings (SSSR count). The highest BCUT2D eigenvalue weighted by Gasteiger charge is 2.30. The first-order chi connectivity index (χ1) is 8.04. The maximum absolute atomic E-state index is 4.71. The van der Waals surface area contributed by atoms with Gasteiger partial charge >= 0.3 is 0 Å². The highest BCUT2D eigenvalue weighted by atomic mass is 15.3. The molecular weight excluding hydrogens is 212 g/mol. The lowest BCUT2D eigenvalue weighted by Gasteiger charge is -2.31. The molecule has 0 N–H and O–H groups in total. The van der Waals surface area contributed by atoms with Gasteiger partial charge in [0.25, 0.3) is 0 Å². The molecule has 17 heavy (non-hydrogen) atoms. The van der Waals surface area contributed by atoms with E-state index in [-0.39, 0.29) is 5.54 Å². The van der Waals surface area contributed by atoms with E-state index in [1.807, 2.05) is 6.20 Å². The van der Waals surface area contributed by atoms with Gasteiger partial charge in [0.1, 0.15) is 0 Å². The molecule has 1 saturated heterocycles. The van der Waals surface area contributed by atoms with E-state index < -0.39 is 0 Å². The number of hydrogen-bond acceptors (Lipinski definition) is 4. The lowest BCUT2D eigenvalue weighted by Crippen LogP contribution is -2.38. The van der Waals surface area contributed by atoms with Crippen molar-refractivity contribution in [2.75, 3.05) is 18.0 Å². The van der Waals surface area contributed by atoms with Gasteiger partial charge in [-0.25, -0.2) is 9.97 Å². The maximum atomic E-state index is 4.71. The van der Waals surface area contributed by atoms with Crippen molar-refractivity contribution in [2.45, 2.75) is 45.8 Å². The average molecular weight is 232 g/mol. The normalized spacial score (nSPS) is 20.3. The third-order valence-electron chi connectivity index (χ3n) is 3.73. The molecule has 0 radical (unpaired) electrons. The van der Waals surface area contributed by atoms with Crippen molar-refractivity contribution in [3.05, 3.63) is 17.5 Å². The third-order valence-corrected chi connectivity index (χ3v) is 3.73. The Balaban J connectivity index is 1.83. The van der Waals surface area contributed by atoms with E-state index in [1.165, 1.54) is 17.7 Å². The summed E-state index contributed by atoms with van der Waals surface area (Å²) in [7, 11) is 0.